The zero-order valence-electron chi connectivity index (χ0n) is 11.8. The van der Waals surface area contributed by atoms with E-state index in [1.807, 2.05) is 11.0 Å². The van der Waals surface area contributed by atoms with Gasteiger partial charge in [-0.25, -0.2) is 0 Å². The van der Waals surface area contributed by atoms with Crippen LogP contribution in [-0.4, -0.2) is 36.5 Å². The van der Waals surface area contributed by atoms with Crippen molar-refractivity contribution in [3.8, 4) is 0 Å². The van der Waals surface area contributed by atoms with Gasteiger partial charge in [0.1, 0.15) is 0 Å². The van der Waals surface area contributed by atoms with Crippen molar-refractivity contribution in [2.45, 2.75) is 44.7 Å². The topological polar surface area (TPSA) is 23.6 Å². The summed E-state index contributed by atoms with van der Waals surface area (Å²) in [5.41, 5.74) is 2.43. The molecule has 0 aromatic heterocycles. The minimum Gasteiger partial charge on any atom is -0.309 e. The van der Waals surface area contributed by atoms with E-state index in [4.69, 9.17) is 0 Å². The van der Waals surface area contributed by atoms with Crippen LogP contribution in [0.1, 0.15) is 31.7 Å². The van der Waals surface area contributed by atoms with Gasteiger partial charge in [0.25, 0.3) is 0 Å². The Morgan fingerprint density at radius 3 is 2.89 bits per heavy atom. The molecule has 0 N–H and O–H groups in total. The number of fused-ring (bicyclic) bond motifs is 1. The summed E-state index contributed by atoms with van der Waals surface area (Å²) in [7, 11) is 2.13. The Hall–Kier alpha value is -1.35. The molecule has 3 rings (SSSR count). The first-order valence-corrected chi connectivity index (χ1v) is 7.27. The van der Waals surface area contributed by atoms with Crippen LogP contribution < -0.4 is 4.90 Å². The molecule has 0 radical (unpaired) electrons. The molecule has 0 saturated carbocycles. The highest BCUT2D eigenvalue weighted by Gasteiger charge is 2.33. The summed E-state index contributed by atoms with van der Waals surface area (Å²) in [6.07, 6.45) is 4.03. The van der Waals surface area contributed by atoms with Crippen LogP contribution in [-0.2, 0) is 11.2 Å². The highest BCUT2D eigenvalue weighted by atomic mass is 16.2. The summed E-state index contributed by atoms with van der Waals surface area (Å²) in [6, 6.07) is 9.04. The molecule has 1 fully saturated rings. The molecule has 1 saturated heterocycles. The molecule has 3 heteroatoms. The molecule has 2 aliphatic heterocycles. The van der Waals surface area contributed by atoms with Crippen LogP contribution in [0.3, 0.4) is 0 Å². The van der Waals surface area contributed by atoms with E-state index in [2.05, 4.69) is 37.1 Å². The van der Waals surface area contributed by atoms with Crippen LogP contribution in [0.15, 0.2) is 24.3 Å². The number of para-hydroxylation sites is 1. The monoisotopic (exact) mass is 258 g/mol. The van der Waals surface area contributed by atoms with Crippen molar-refractivity contribution in [1.29, 1.82) is 0 Å². The van der Waals surface area contributed by atoms with E-state index in [1.54, 1.807) is 0 Å². The Labute approximate surface area is 115 Å². The molecule has 102 valence electrons. The summed E-state index contributed by atoms with van der Waals surface area (Å²) in [5, 5.41) is 0. The zero-order chi connectivity index (χ0) is 13.4. The average Bonchev–Trinajstić information content (AvgIpc) is 2.92. The fraction of sp³-hybridized carbons (Fsp3) is 0.562. The lowest BCUT2D eigenvalue weighted by molar-refractivity contribution is -0.119. The highest BCUT2D eigenvalue weighted by molar-refractivity contribution is 5.96. The molecule has 0 aliphatic carbocycles. The van der Waals surface area contributed by atoms with Gasteiger partial charge < -0.3 is 9.80 Å². The second-order valence-electron chi connectivity index (χ2n) is 5.93. The normalized spacial score (nSPS) is 26.7. The lowest BCUT2D eigenvalue weighted by Gasteiger charge is -2.26. The van der Waals surface area contributed by atoms with Gasteiger partial charge in [0.05, 0.1) is 0 Å². The number of nitrogens with zero attached hydrogens (tertiary/aromatic N) is 2. The number of benzene rings is 1. The van der Waals surface area contributed by atoms with Crippen molar-refractivity contribution in [2.75, 3.05) is 18.5 Å². The first-order valence-electron chi connectivity index (χ1n) is 7.27. The molecule has 1 amide bonds. The van der Waals surface area contributed by atoms with E-state index in [9.17, 15) is 4.79 Å². The number of likely N-dealkylation sites (tertiary alicyclic amines) is 1. The molecule has 0 spiro atoms. The molecule has 1 aromatic rings. The maximum Gasteiger partial charge on any atom is 0.228 e. The van der Waals surface area contributed by atoms with Crippen molar-refractivity contribution >= 4 is 11.6 Å². The van der Waals surface area contributed by atoms with E-state index in [0.717, 1.165) is 25.1 Å². The van der Waals surface area contributed by atoms with Crippen LogP contribution in [0.2, 0.25) is 0 Å². The van der Waals surface area contributed by atoms with Gasteiger partial charge in [0, 0.05) is 24.2 Å². The second-order valence-corrected chi connectivity index (χ2v) is 5.93. The minimum absolute atomic E-state index is 0.288. The maximum atomic E-state index is 12.6. The van der Waals surface area contributed by atoms with E-state index in [1.165, 1.54) is 12.0 Å². The number of amides is 1. The quantitative estimate of drug-likeness (QED) is 0.813. The molecule has 2 unspecified atom stereocenters. The molecule has 1 aromatic carbocycles. The van der Waals surface area contributed by atoms with Gasteiger partial charge in [0.2, 0.25) is 5.91 Å². The van der Waals surface area contributed by atoms with E-state index < -0.39 is 0 Å². The maximum absolute atomic E-state index is 12.6. The molecular formula is C16H22N2O. The van der Waals surface area contributed by atoms with Crippen LogP contribution in [0.5, 0.6) is 0 Å². The zero-order valence-corrected chi connectivity index (χ0v) is 11.8. The van der Waals surface area contributed by atoms with Crippen molar-refractivity contribution in [1.82, 2.24) is 4.90 Å². The second kappa shape index (κ2) is 4.97. The van der Waals surface area contributed by atoms with Crippen LogP contribution in [0.4, 0.5) is 5.69 Å². The van der Waals surface area contributed by atoms with Crippen LogP contribution in [0, 0.1) is 0 Å². The number of hydrogen-bond acceptors (Lipinski definition) is 2. The first kappa shape index (κ1) is 12.7. The molecule has 2 aliphatic rings. The summed E-state index contributed by atoms with van der Waals surface area (Å²) in [4.78, 5) is 17.0. The van der Waals surface area contributed by atoms with Gasteiger partial charge in [-0.05, 0) is 51.4 Å². The lowest BCUT2D eigenvalue weighted by atomic mass is 10.1. The van der Waals surface area contributed by atoms with Crippen LogP contribution >= 0.6 is 0 Å². The van der Waals surface area contributed by atoms with Gasteiger partial charge in [0.15, 0.2) is 0 Å². The Balaban J connectivity index is 1.76. The summed E-state index contributed by atoms with van der Waals surface area (Å²) in [6.45, 7) is 3.28. The van der Waals surface area contributed by atoms with Crippen molar-refractivity contribution in [2.24, 2.45) is 0 Å². The fourth-order valence-electron chi connectivity index (χ4n) is 3.48. The number of hydrogen-bond donors (Lipinski definition) is 0. The van der Waals surface area contributed by atoms with Crippen LogP contribution in [0.25, 0.3) is 0 Å². The van der Waals surface area contributed by atoms with Gasteiger partial charge in [-0.3, -0.25) is 4.79 Å². The smallest absolute Gasteiger partial charge is 0.228 e. The number of carbonyl (C=O) groups excluding carboxylic acids is 1. The number of carbonyl (C=O) groups is 1. The van der Waals surface area contributed by atoms with E-state index in [0.29, 0.717) is 18.5 Å². The predicted molar refractivity (Wildman–Crippen MR) is 77.4 cm³/mol. The fourth-order valence-corrected chi connectivity index (χ4v) is 3.48. The Morgan fingerprint density at radius 2 is 2.16 bits per heavy atom. The van der Waals surface area contributed by atoms with Crippen molar-refractivity contribution in [3.05, 3.63) is 29.8 Å². The summed E-state index contributed by atoms with van der Waals surface area (Å²) < 4.78 is 0. The Kier molecular flexibility index (Phi) is 3.31. The van der Waals surface area contributed by atoms with Crippen molar-refractivity contribution < 1.29 is 4.79 Å². The van der Waals surface area contributed by atoms with E-state index >= 15 is 0 Å². The third-order valence-corrected chi connectivity index (χ3v) is 4.56. The summed E-state index contributed by atoms with van der Waals surface area (Å²) >= 11 is 0. The average molecular weight is 258 g/mol. The van der Waals surface area contributed by atoms with Gasteiger partial charge in [-0.15, -0.1) is 0 Å². The molecule has 2 heterocycles. The first-order chi connectivity index (χ1) is 9.16. The summed E-state index contributed by atoms with van der Waals surface area (Å²) in [5.74, 6) is 0.288. The standard InChI is InChI=1S/C16H22N2O/c1-12-10-13-6-3-4-8-15(13)18(12)16(19)11-14-7-5-9-17(14)2/h3-4,6,8,12,14H,5,7,9-11H2,1-2H3. The number of anilines is 1. The SMILES string of the molecule is CC1Cc2ccccc2N1C(=O)CC1CCCN1C. The predicted octanol–water partition coefficient (Wildman–Crippen LogP) is 2.45. The third-order valence-electron chi connectivity index (χ3n) is 4.56. The van der Waals surface area contributed by atoms with Gasteiger partial charge >= 0.3 is 0 Å². The largest absolute Gasteiger partial charge is 0.309 e. The lowest BCUT2D eigenvalue weighted by Crippen LogP contribution is -2.39. The molecule has 19 heavy (non-hydrogen) atoms. The van der Waals surface area contributed by atoms with Gasteiger partial charge in [-0.2, -0.15) is 0 Å². The Morgan fingerprint density at radius 1 is 1.37 bits per heavy atom. The molecule has 0 bridgehead atoms. The third kappa shape index (κ3) is 2.27. The highest BCUT2D eigenvalue weighted by Crippen LogP contribution is 2.33. The Bertz CT molecular complexity index is 485. The van der Waals surface area contributed by atoms with E-state index in [-0.39, 0.29) is 5.91 Å². The number of rotatable bonds is 2. The van der Waals surface area contributed by atoms with Crippen molar-refractivity contribution in [3.63, 3.8) is 0 Å². The van der Waals surface area contributed by atoms with Gasteiger partial charge in [-0.1, -0.05) is 18.2 Å². The molecule has 3 nitrogen and oxygen atoms in total. The minimum atomic E-state index is 0.288. The molecule has 2 atom stereocenters. The molecular weight excluding hydrogens is 236 g/mol.